The van der Waals surface area contributed by atoms with Gasteiger partial charge in [0.25, 0.3) is 0 Å². The van der Waals surface area contributed by atoms with Crippen LogP contribution in [0.25, 0.3) is 0 Å². The van der Waals surface area contributed by atoms with Crippen molar-refractivity contribution in [3.8, 4) is 0 Å². The average Bonchev–Trinajstić information content (AvgIpc) is 2.44. The van der Waals surface area contributed by atoms with Gasteiger partial charge in [0, 0.05) is 25.2 Å². The number of nitrogens with zero attached hydrogens (tertiary/aromatic N) is 1. The highest BCUT2D eigenvalue weighted by molar-refractivity contribution is 4.90. The average molecular weight is 213 g/mol. The monoisotopic (exact) mass is 213 g/mol. The van der Waals surface area contributed by atoms with Gasteiger partial charge in [0.05, 0.1) is 0 Å². The minimum absolute atomic E-state index is 0.243. The van der Waals surface area contributed by atoms with Crippen LogP contribution in [0.4, 0.5) is 0 Å². The van der Waals surface area contributed by atoms with E-state index in [1.807, 2.05) is 0 Å². The molecule has 1 rings (SSSR count). The van der Waals surface area contributed by atoms with Crippen molar-refractivity contribution in [2.24, 2.45) is 5.73 Å². The molecule has 3 nitrogen and oxygen atoms in total. The molecule has 0 atom stereocenters. The summed E-state index contributed by atoms with van der Waals surface area (Å²) in [5.74, 6) is 0. The van der Waals surface area contributed by atoms with Crippen LogP contribution in [0.1, 0.15) is 38.5 Å². The van der Waals surface area contributed by atoms with Crippen LogP contribution in [0, 0.1) is 0 Å². The van der Waals surface area contributed by atoms with Crippen LogP contribution < -0.4 is 11.1 Å². The molecule has 1 aliphatic carbocycles. The molecule has 0 aromatic carbocycles. The Bertz CT molecular complexity index is 160. The fourth-order valence-corrected chi connectivity index (χ4v) is 2.40. The van der Waals surface area contributed by atoms with E-state index in [0.29, 0.717) is 0 Å². The van der Waals surface area contributed by atoms with Crippen molar-refractivity contribution in [2.75, 3.05) is 33.7 Å². The Morgan fingerprint density at radius 3 is 2.20 bits per heavy atom. The highest BCUT2D eigenvalue weighted by Crippen LogP contribution is 2.25. The Labute approximate surface area is 94.4 Å². The van der Waals surface area contributed by atoms with Crippen LogP contribution in [0.2, 0.25) is 0 Å². The summed E-state index contributed by atoms with van der Waals surface area (Å²) in [6.45, 7) is 2.95. The number of hydrogen-bond donors (Lipinski definition) is 2. The quantitative estimate of drug-likeness (QED) is 0.674. The van der Waals surface area contributed by atoms with Crippen LogP contribution in [0.15, 0.2) is 0 Å². The summed E-state index contributed by atoms with van der Waals surface area (Å²) in [5, 5.41) is 3.69. The molecule has 1 aliphatic rings. The van der Waals surface area contributed by atoms with E-state index in [-0.39, 0.29) is 5.54 Å². The van der Waals surface area contributed by atoms with E-state index in [2.05, 4.69) is 24.3 Å². The van der Waals surface area contributed by atoms with Gasteiger partial charge >= 0.3 is 0 Å². The van der Waals surface area contributed by atoms with Gasteiger partial charge in [-0.15, -0.1) is 0 Å². The maximum atomic E-state index is 5.95. The molecule has 3 N–H and O–H groups in total. The van der Waals surface area contributed by atoms with Crippen LogP contribution in [-0.2, 0) is 0 Å². The SMILES string of the molecule is CN(C)CCNC1(CN)CCCCCC1. The zero-order chi connectivity index (χ0) is 11.1. The predicted octanol–water partition coefficient (Wildman–Crippen LogP) is 1.19. The summed E-state index contributed by atoms with van der Waals surface area (Å²) >= 11 is 0. The molecule has 0 saturated heterocycles. The van der Waals surface area contributed by atoms with Gasteiger partial charge in [-0.3, -0.25) is 0 Å². The first kappa shape index (κ1) is 12.9. The normalized spacial score (nSPS) is 21.6. The number of nitrogens with one attached hydrogen (secondary N) is 1. The maximum absolute atomic E-state index is 5.95. The minimum atomic E-state index is 0.243. The van der Waals surface area contributed by atoms with Gasteiger partial charge in [0.15, 0.2) is 0 Å². The van der Waals surface area contributed by atoms with E-state index >= 15 is 0 Å². The molecule has 90 valence electrons. The van der Waals surface area contributed by atoms with Gasteiger partial charge in [-0.25, -0.2) is 0 Å². The second-order valence-corrected chi connectivity index (χ2v) is 5.13. The largest absolute Gasteiger partial charge is 0.329 e. The third-order valence-corrected chi connectivity index (χ3v) is 3.51. The van der Waals surface area contributed by atoms with Crippen molar-refractivity contribution in [1.82, 2.24) is 10.2 Å². The molecule has 3 heteroatoms. The molecule has 1 fully saturated rings. The summed E-state index contributed by atoms with van der Waals surface area (Å²) in [7, 11) is 4.23. The molecule has 0 aromatic rings. The van der Waals surface area contributed by atoms with Gasteiger partial charge in [-0.2, -0.15) is 0 Å². The molecular formula is C12H27N3. The topological polar surface area (TPSA) is 41.3 Å². The first-order valence-corrected chi connectivity index (χ1v) is 6.28. The Hall–Kier alpha value is -0.120. The minimum Gasteiger partial charge on any atom is -0.329 e. The first-order valence-electron chi connectivity index (χ1n) is 6.28. The Kier molecular flexibility index (Phi) is 5.58. The van der Waals surface area contributed by atoms with E-state index in [1.54, 1.807) is 0 Å². The van der Waals surface area contributed by atoms with E-state index in [9.17, 15) is 0 Å². The van der Waals surface area contributed by atoms with Crippen molar-refractivity contribution < 1.29 is 0 Å². The maximum Gasteiger partial charge on any atom is 0.0304 e. The third-order valence-electron chi connectivity index (χ3n) is 3.51. The predicted molar refractivity (Wildman–Crippen MR) is 66.0 cm³/mol. The Balaban J connectivity index is 2.36. The van der Waals surface area contributed by atoms with Crippen LogP contribution >= 0.6 is 0 Å². The van der Waals surface area contributed by atoms with Gasteiger partial charge in [-0.1, -0.05) is 25.7 Å². The van der Waals surface area contributed by atoms with Crippen molar-refractivity contribution >= 4 is 0 Å². The van der Waals surface area contributed by atoms with Gasteiger partial charge < -0.3 is 16.0 Å². The molecule has 0 aromatic heterocycles. The smallest absolute Gasteiger partial charge is 0.0304 e. The van der Waals surface area contributed by atoms with Crippen molar-refractivity contribution in [3.63, 3.8) is 0 Å². The first-order chi connectivity index (χ1) is 7.18. The van der Waals surface area contributed by atoms with Crippen LogP contribution in [0.5, 0.6) is 0 Å². The molecule has 0 aliphatic heterocycles. The van der Waals surface area contributed by atoms with E-state index in [4.69, 9.17) is 5.73 Å². The lowest BCUT2D eigenvalue weighted by molar-refractivity contribution is 0.275. The van der Waals surface area contributed by atoms with E-state index < -0.39 is 0 Å². The molecule has 0 bridgehead atoms. The van der Waals surface area contributed by atoms with Gasteiger partial charge in [0.2, 0.25) is 0 Å². The lowest BCUT2D eigenvalue weighted by Crippen LogP contribution is -2.52. The Morgan fingerprint density at radius 1 is 1.13 bits per heavy atom. The summed E-state index contributed by atoms with van der Waals surface area (Å²) in [6.07, 6.45) is 7.97. The number of hydrogen-bond acceptors (Lipinski definition) is 3. The fraction of sp³-hybridized carbons (Fsp3) is 1.00. The summed E-state index contributed by atoms with van der Waals surface area (Å²) in [5.41, 5.74) is 6.19. The third kappa shape index (κ3) is 4.49. The Morgan fingerprint density at radius 2 is 1.73 bits per heavy atom. The number of rotatable bonds is 5. The molecular weight excluding hydrogens is 186 g/mol. The zero-order valence-corrected chi connectivity index (χ0v) is 10.4. The number of nitrogens with two attached hydrogens (primary N) is 1. The lowest BCUT2D eigenvalue weighted by atomic mass is 9.90. The van der Waals surface area contributed by atoms with E-state index in [0.717, 1.165) is 19.6 Å². The van der Waals surface area contributed by atoms with E-state index in [1.165, 1.54) is 38.5 Å². The lowest BCUT2D eigenvalue weighted by Gasteiger charge is -2.33. The molecule has 0 spiro atoms. The second kappa shape index (κ2) is 6.46. The highest BCUT2D eigenvalue weighted by atomic mass is 15.1. The molecule has 0 radical (unpaired) electrons. The molecule has 0 unspecified atom stereocenters. The van der Waals surface area contributed by atoms with Crippen molar-refractivity contribution in [1.29, 1.82) is 0 Å². The molecule has 1 saturated carbocycles. The van der Waals surface area contributed by atoms with Crippen LogP contribution in [-0.4, -0.2) is 44.2 Å². The summed E-state index contributed by atoms with van der Waals surface area (Å²) < 4.78 is 0. The summed E-state index contributed by atoms with van der Waals surface area (Å²) in [6, 6.07) is 0. The van der Waals surface area contributed by atoms with Gasteiger partial charge in [0.1, 0.15) is 0 Å². The standard InChI is InChI=1S/C12H27N3/c1-15(2)10-9-14-12(11-13)7-5-3-4-6-8-12/h14H,3-11,13H2,1-2H3. The number of likely N-dealkylation sites (N-methyl/N-ethyl adjacent to an activating group) is 1. The summed E-state index contributed by atoms with van der Waals surface area (Å²) in [4.78, 5) is 2.22. The molecule has 0 amide bonds. The molecule has 0 heterocycles. The van der Waals surface area contributed by atoms with Crippen molar-refractivity contribution in [3.05, 3.63) is 0 Å². The van der Waals surface area contributed by atoms with Crippen molar-refractivity contribution in [2.45, 2.75) is 44.1 Å². The zero-order valence-electron chi connectivity index (χ0n) is 10.4. The van der Waals surface area contributed by atoms with Crippen LogP contribution in [0.3, 0.4) is 0 Å². The van der Waals surface area contributed by atoms with Gasteiger partial charge in [-0.05, 0) is 26.9 Å². The fourth-order valence-electron chi connectivity index (χ4n) is 2.40. The highest BCUT2D eigenvalue weighted by Gasteiger charge is 2.28. The molecule has 15 heavy (non-hydrogen) atoms. The second-order valence-electron chi connectivity index (χ2n) is 5.13.